The summed E-state index contributed by atoms with van der Waals surface area (Å²) in [4.78, 5) is 7.84. The van der Waals surface area contributed by atoms with Gasteiger partial charge in [-0.15, -0.1) is 0 Å². The summed E-state index contributed by atoms with van der Waals surface area (Å²) >= 11 is 0. The molecule has 0 saturated carbocycles. The highest BCUT2D eigenvalue weighted by molar-refractivity contribution is 5.43. The van der Waals surface area contributed by atoms with Crippen molar-refractivity contribution in [1.82, 2.24) is 9.97 Å². The summed E-state index contributed by atoms with van der Waals surface area (Å²) in [5.74, 6) is 1.02. The molecule has 2 rings (SSSR count). The molecule has 5 nitrogen and oxygen atoms in total. The molecular formula is C8H11N3O2. The summed E-state index contributed by atoms with van der Waals surface area (Å²) < 4.78 is 10.5. The largest absolute Gasteiger partial charge is 0.469 e. The van der Waals surface area contributed by atoms with Crippen LogP contribution >= 0.6 is 0 Å². The second kappa shape index (κ2) is 3.18. The molecule has 2 N–H and O–H groups in total. The fourth-order valence-electron chi connectivity index (χ4n) is 1.01. The van der Waals surface area contributed by atoms with E-state index >= 15 is 0 Å². The van der Waals surface area contributed by atoms with Crippen molar-refractivity contribution in [2.75, 3.05) is 18.9 Å². The molecule has 0 atom stereocenters. The van der Waals surface area contributed by atoms with Crippen LogP contribution in [0.5, 0.6) is 5.88 Å². The Hall–Kier alpha value is -1.36. The first kappa shape index (κ1) is 8.25. The number of nitrogens with two attached hydrogens (primary N) is 1. The number of hydrogen-bond acceptors (Lipinski definition) is 5. The van der Waals surface area contributed by atoms with Gasteiger partial charge in [-0.2, -0.15) is 0 Å². The maximum Gasteiger partial charge on any atom is 0.221 e. The lowest BCUT2D eigenvalue weighted by Crippen LogP contribution is -2.39. The average molecular weight is 181 g/mol. The normalized spacial score (nSPS) is 16.7. The molecule has 70 valence electrons. The van der Waals surface area contributed by atoms with Gasteiger partial charge < -0.3 is 15.2 Å². The summed E-state index contributed by atoms with van der Waals surface area (Å²) in [6.45, 7) is 3.09. The minimum absolute atomic E-state index is 0.119. The van der Waals surface area contributed by atoms with Crippen LogP contribution in [0.2, 0.25) is 0 Å². The van der Waals surface area contributed by atoms with Crippen LogP contribution in [0, 0.1) is 6.92 Å². The highest BCUT2D eigenvalue weighted by Gasteiger charge is 2.21. The van der Waals surface area contributed by atoms with E-state index in [4.69, 9.17) is 15.2 Å². The van der Waals surface area contributed by atoms with Gasteiger partial charge in [-0.1, -0.05) is 0 Å². The lowest BCUT2D eigenvalue weighted by Gasteiger charge is -2.26. The Labute approximate surface area is 75.9 Å². The quantitative estimate of drug-likeness (QED) is 0.703. The van der Waals surface area contributed by atoms with Gasteiger partial charge in [0.1, 0.15) is 18.2 Å². The van der Waals surface area contributed by atoms with Crippen LogP contribution in [0.4, 0.5) is 5.82 Å². The number of aromatic nitrogens is 2. The molecule has 0 spiro atoms. The van der Waals surface area contributed by atoms with Crippen LogP contribution in [0.15, 0.2) is 6.33 Å². The van der Waals surface area contributed by atoms with E-state index in [1.807, 2.05) is 6.92 Å². The predicted molar refractivity (Wildman–Crippen MR) is 46.4 cm³/mol. The van der Waals surface area contributed by atoms with Gasteiger partial charge in [-0.05, 0) is 6.92 Å². The maximum atomic E-state index is 5.59. The Kier molecular flexibility index (Phi) is 2.02. The average Bonchev–Trinajstić information content (AvgIpc) is 2.04. The lowest BCUT2D eigenvalue weighted by molar-refractivity contribution is -0.0816. The van der Waals surface area contributed by atoms with Gasteiger partial charge in [-0.3, -0.25) is 0 Å². The Morgan fingerprint density at radius 1 is 1.54 bits per heavy atom. The van der Waals surface area contributed by atoms with Crippen molar-refractivity contribution in [1.29, 1.82) is 0 Å². The zero-order valence-electron chi connectivity index (χ0n) is 7.36. The number of nitrogen functional groups attached to an aromatic ring is 1. The molecule has 1 aliphatic rings. The van der Waals surface area contributed by atoms with E-state index in [2.05, 4.69) is 9.97 Å². The number of nitrogens with zero attached hydrogens (tertiary/aromatic N) is 2. The Bertz CT molecular complexity index is 312. The monoisotopic (exact) mass is 181 g/mol. The zero-order chi connectivity index (χ0) is 9.26. The molecule has 13 heavy (non-hydrogen) atoms. The molecule has 0 amide bonds. The van der Waals surface area contributed by atoms with Crippen molar-refractivity contribution >= 4 is 5.82 Å². The second-order valence-corrected chi connectivity index (χ2v) is 2.97. The van der Waals surface area contributed by atoms with Crippen LogP contribution in [-0.2, 0) is 4.74 Å². The van der Waals surface area contributed by atoms with Gasteiger partial charge in [0.15, 0.2) is 0 Å². The van der Waals surface area contributed by atoms with Gasteiger partial charge in [0.2, 0.25) is 5.88 Å². The standard InChI is InChI=1S/C8H11N3O2/c1-5-7(9)10-4-11-8(5)13-6-2-12-3-6/h4,6H,2-3H2,1H3,(H2,9,10,11). The molecule has 1 aliphatic heterocycles. The fourth-order valence-corrected chi connectivity index (χ4v) is 1.01. The highest BCUT2D eigenvalue weighted by atomic mass is 16.6. The zero-order valence-corrected chi connectivity index (χ0v) is 7.36. The van der Waals surface area contributed by atoms with E-state index in [-0.39, 0.29) is 6.10 Å². The van der Waals surface area contributed by atoms with Crippen molar-refractivity contribution in [2.24, 2.45) is 0 Å². The van der Waals surface area contributed by atoms with Gasteiger partial charge in [-0.25, -0.2) is 9.97 Å². The molecule has 0 unspecified atom stereocenters. The Morgan fingerprint density at radius 2 is 2.31 bits per heavy atom. The smallest absolute Gasteiger partial charge is 0.221 e. The minimum Gasteiger partial charge on any atom is -0.469 e. The lowest BCUT2D eigenvalue weighted by atomic mass is 10.3. The molecule has 0 aliphatic carbocycles. The Morgan fingerprint density at radius 3 is 2.92 bits per heavy atom. The predicted octanol–water partition coefficient (Wildman–Crippen LogP) is 0.145. The molecule has 1 saturated heterocycles. The fraction of sp³-hybridized carbons (Fsp3) is 0.500. The molecular weight excluding hydrogens is 170 g/mol. The molecule has 0 bridgehead atoms. The van der Waals surface area contributed by atoms with Crippen molar-refractivity contribution in [3.8, 4) is 5.88 Å². The second-order valence-electron chi connectivity index (χ2n) is 2.97. The first-order chi connectivity index (χ1) is 6.27. The number of anilines is 1. The van der Waals surface area contributed by atoms with E-state index in [0.29, 0.717) is 24.9 Å². The summed E-state index contributed by atoms with van der Waals surface area (Å²) in [5, 5.41) is 0. The first-order valence-corrected chi connectivity index (χ1v) is 4.09. The van der Waals surface area contributed by atoms with Gasteiger partial charge in [0.05, 0.1) is 18.8 Å². The van der Waals surface area contributed by atoms with Gasteiger partial charge >= 0.3 is 0 Å². The topological polar surface area (TPSA) is 70.3 Å². The molecule has 0 aromatic carbocycles. The summed E-state index contributed by atoms with van der Waals surface area (Å²) in [5.41, 5.74) is 6.38. The van der Waals surface area contributed by atoms with Crippen molar-refractivity contribution in [3.05, 3.63) is 11.9 Å². The maximum absolute atomic E-state index is 5.59. The third kappa shape index (κ3) is 1.55. The third-order valence-electron chi connectivity index (χ3n) is 1.96. The highest BCUT2D eigenvalue weighted by Crippen LogP contribution is 2.20. The molecule has 2 heterocycles. The number of ether oxygens (including phenoxy) is 2. The van der Waals surface area contributed by atoms with Crippen LogP contribution in [0.25, 0.3) is 0 Å². The van der Waals surface area contributed by atoms with E-state index in [1.165, 1.54) is 6.33 Å². The van der Waals surface area contributed by atoms with Crippen molar-refractivity contribution < 1.29 is 9.47 Å². The van der Waals surface area contributed by atoms with Gasteiger partial charge in [0, 0.05) is 0 Å². The van der Waals surface area contributed by atoms with E-state index < -0.39 is 0 Å². The van der Waals surface area contributed by atoms with Crippen molar-refractivity contribution in [2.45, 2.75) is 13.0 Å². The molecule has 0 radical (unpaired) electrons. The molecule has 1 aromatic heterocycles. The van der Waals surface area contributed by atoms with E-state index in [0.717, 1.165) is 5.56 Å². The van der Waals surface area contributed by atoms with Crippen LogP contribution in [0.3, 0.4) is 0 Å². The van der Waals surface area contributed by atoms with E-state index in [1.54, 1.807) is 0 Å². The molecule has 5 heteroatoms. The summed E-state index contributed by atoms with van der Waals surface area (Å²) in [6, 6.07) is 0. The number of rotatable bonds is 2. The van der Waals surface area contributed by atoms with Crippen LogP contribution in [0.1, 0.15) is 5.56 Å². The van der Waals surface area contributed by atoms with Crippen molar-refractivity contribution in [3.63, 3.8) is 0 Å². The minimum atomic E-state index is 0.119. The molecule has 1 fully saturated rings. The van der Waals surface area contributed by atoms with E-state index in [9.17, 15) is 0 Å². The van der Waals surface area contributed by atoms with Crippen LogP contribution in [-0.4, -0.2) is 29.3 Å². The summed E-state index contributed by atoms with van der Waals surface area (Å²) in [7, 11) is 0. The van der Waals surface area contributed by atoms with Gasteiger partial charge in [0.25, 0.3) is 0 Å². The first-order valence-electron chi connectivity index (χ1n) is 4.09. The Balaban J connectivity index is 2.14. The SMILES string of the molecule is Cc1c(N)ncnc1OC1COC1. The third-order valence-corrected chi connectivity index (χ3v) is 1.96. The summed E-state index contributed by atoms with van der Waals surface area (Å²) in [6.07, 6.45) is 1.52. The number of hydrogen-bond donors (Lipinski definition) is 1. The molecule has 1 aromatic rings. The van der Waals surface area contributed by atoms with Crippen LogP contribution < -0.4 is 10.5 Å².